The van der Waals surface area contributed by atoms with E-state index in [9.17, 15) is 9.59 Å². The summed E-state index contributed by atoms with van der Waals surface area (Å²) in [6, 6.07) is 26.6. The first-order valence-corrected chi connectivity index (χ1v) is 10.3. The fourth-order valence-corrected chi connectivity index (χ4v) is 3.40. The van der Waals surface area contributed by atoms with Gasteiger partial charge in [0, 0.05) is 0 Å². The largest absolute Gasteiger partial charge is 0.425 e. The second kappa shape index (κ2) is 10.4. The van der Waals surface area contributed by atoms with Crippen molar-refractivity contribution in [3.05, 3.63) is 96.6 Å². The number of carbonyl (C=O) groups is 2. The Morgan fingerprint density at radius 1 is 0.667 bits per heavy atom. The summed E-state index contributed by atoms with van der Waals surface area (Å²) in [6.45, 7) is 2.08. The zero-order chi connectivity index (χ0) is 21.2. The second-order valence-electron chi connectivity index (χ2n) is 7.13. The highest BCUT2D eigenvalue weighted by atomic mass is 16.6. The molecule has 0 fully saturated rings. The van der Waals surface area contributed by atoms with Crippen LogP contribution < -0.4 is 9.47 Å². The maximum Gasteiger partial charge on any atom is 0.333 e. The lowest BCUT2D eigenvalue weighted by atomic mass is 9.76. The fourth-order valence-electron chi connectivity index (χ4n) is 3.40. The van der Waals surface area contributed by atoms with E-state index in [4.69, 9.17) is 9.47 Å². The van der Waals surface area contributed by atoms with Crippen LogP contribution in [0.1, 0.15) is 38.2 Å². The number of rotatable bonds is 9. The predicted molar refractivity (Wildman–Crippen MR) is 116 cm³/mol. The van der Waals surface area contributed by atoms with E-state index in [0.29, 0.717) is 29.9 Å². The third-order valence-electron chi connectivity index (χ3n) is 5.03. The van der Waals surface area contributed by atoms with E-state index in [1.54, 1.807) is 60.7 Å². The standard InChI is InChI=1S/C26H26O4/c1-2-3-13-20-26(21-14-7-4-8-15-21,24(27)29-22-16-9-5-10-17-22)25(28)30-23-18-11-6-12-19-23/h4-12,14-19H,2-3,13,20H2,1H3. The number of para-hydroxylation sites is 2. The summed E-state index contributed by atoms with van der Waals surface area (Å²) in [5.74, 6) is -0.467. The van der Waals surface area contributed by atoms with Gasteiger partial charge in [0.1, 0.15) is 11.5 Å². The smallest absolute Gasteiger partial charge is 0.333 e. The van der Waals surface area contributed by atoms with Crippen LogP contribution in [0, 0.1) is 0 Å². The highest BCUT2D eigenvalue weighted by Crippen LogP contribution is 2.35. The van der Waals surface area contributed by atoms with E-state index in [1.807, 2.05) is 30.3 Å². The molecule has 0 amide bonds. The molecule has 0 radical (unpaired) electrons. The monoisotopic (exact) mass is 402 g/mol. The molecule has 0 N–H and O–H groups in total. The maximum atomic E-state index is 13.5. The van der Waals surface area contributed by atoms with Crippen LogP contribution in [0.15, 0.2) is 91.0 Å². The first-order chi connectivity index (χ1) is 14.7. The van der Waals surface area contributed by atoms with Crippen molar-refractivity contribution in [3.8, 4) is 11.5 Å². The van der Waals surface area contributed by atoms with E-state index < -0.39 is 17.4 Å². The van der Waals surface area contributed by atoms with Crippen LogP contribution in [0.3, 0.4) is 0 Å². The number of carbonyl (C=O) groups excluding carboxylic acids is 2. The van der Waals surface area contributed by atoms with Crippen molar-refractivity contribution >= 4 is 11.9 Å². The van der Waals surface area contributed by atoms with Gasteiger partial charge in [-0.15, -0.1) is 0 Å². The Kier molecular flexibility index (Phi) is 7.39. The van der Waals surface area contributed by atoms with Crippen molar-refractivity contribution in [2.45, 2.75) is 38.0 Å². The molecule has 0 aliphatic heterocycles. The van der Waals surface area contributed by atoms with Crippen LogP contribution in [-0.4, -0.2) is 11.9 Å². The van der Waals surface area contributed by atoms with Crippen LogP contribution in [-0.2, 0) is 15.0 Å². The topological polar surface area (TPSA) is 52.6 Å². The molecule has 3 aromatic carbocycles. The third kappa shape index (κ3) is 4.95. The van der Waals surface area contributed by atoms with Crippen LogP contribution in [0.5, 0.6) is 11.5 Å². The van der Waals surface area contributed by atoms with Gasteiger partial charge in [0.15, 0.2) is 5.41 Å². The molecular weight excluding hydrogens is 376 g/mol. The molecule has 0 aliphatic carbocycles. The van der Waals surface area contributed by atoms with Gasteiger partial charge >= 0.3 is 11.9 Å². The molecule has 0 spiro atoms. The SMILES string of the molecule is CCCCCC(C(=O)Oc1ccccc1)(C(=O)Oc1ccccc1)c1ccccc1. The molecule has 0 saturated carbocycles. The number of hydrogen-bond donors (Lipinski definition) is 0. The summed E-state index contributed by atoms with van der Waals surface area (Å²) in [5.41, 5.74) is -0.981. The molecule has 4 nitrogen and oxygen atoms in total. The van der Waals surface area contributed by atoms with Crippen LogP contribution in [0.2, 0.25) is 0 Å². The lowest BCUT2D eigenvalue weighted by Gasteiger charge is -2.30. The van der Waals surface area contributed by atoms with Gasteiger partial charge in [-0.3, -0.25) is 9.59 Å². The van der Waals surface area contributed by atoms with Crippen molar-refractivity contribution in [1.82, 2.24) is 0 Å². The van der Waals surface area contributed by atoms with E-state index in [0.717, 1.165) is 12.8 Å². The van der Waals surface area contributed by atoms with Gasteiger partial charge in [0.2, 0.25) is 0 Å². The molecule has 154 valence electrons. The van der Waals surface area contributed by atoms with E-state index in [2.05, 4.69) is 6.92 Å². The number of esters is 2. The normalized spacial score (nSPS) is 11.0. The first kappa shape index (κ1) is 21.3. The van der Waals surface area contributed by atoms with Crippen molar-refractivity contribution in [3.63, 3.8) is 0 Å². The van der Waals surface area contributed by atoms with Crippen LogP contribution >= 0.6 is 0 Å². The van der Waals surface area contributed by atoms with Crippen LogP contribution in [0.4, 0.5) is 0 Å². The molecule has 0 saturated heterocycles. The van der Waals surface area contributed by atoms with Gasteiger partial charge in [0.05, 0.1) is 0 Å². The van der Waals surface area contributed by atoms with Gasteiger partial charge in [0.25, 0.3) is 0 Å². The molecule has 3 aromatic rings. The average Bonchev–Trinajstić information content (AvgIpc) is 2.78. The minimum absolute atomic E-state index is 0.308. The van der Waals surface area contributed by atoms with Gasteiger partial charge in [-0.2, -0.15) is 0 Å². The zero-order valence-corrected chi connectivity index (χ0v) is 17.1. The molecule has 0 bridgehead atoms. The quantitative estimate of drug-likeness (QED) is 0.199. The number of ether oxygens (including phenoxy) is 2. The summed E-state index contributed by atoms with van der Waals surface area (Å²) in [7, 11) is 0. The van der Waals surface area contributed by atoms with Gasteiger partial charge in [-0.1, -0.05) is 92.9 Å². The lowest BCUT2D eigenvalue weighted by molar-refractivity contribution is -0.155. The molecule has 0 atom stereocenters. The lowest BCUT2D eigenvalue weighted by Crippen LogP contribution is -2.48. The summed E-state index contributed by atoms with van der Waals surface area (Å²) in [4.78, 5) is 27.1. The summed E-state index contributed by atoms with van der Waals surface area (Å²) < 4.78 is 11.4. The molecule has 0 aromatic heterocycles. The Hall–Kier alpha value is -3.40. The Balaban J connectivity index is 2.03. The van der Waals surface area contributed by atoms with Gasteiger partial charge in [-0.05, 0) is 36.2 Å². The number of hydrogen-bond acceptors (Lipinski definition) is 4. The number of unbranched alkanes of at least 4 members (excludes halogenated alkanes) is 2. The Labute approximate surface area is 177 Å². The van der Waals surface area contributed by atoms with Gasteiger partial charge < -0.3 is 9.47 Å². The Morgan fingerprint density at radius 3 is 1.53 bits per heavy atom. The molecule has 30 heavy (non-hydrogen) atoms. The van der Waals surface area contributed by atoms with E-state index in [-0.39, 0.29) is 0 Å². The summed E-state index contributed by atoms with van der Waals surface area (Å²) >= 11 is 0. The van der Waals surface area contributed by atoms with Crippen LogP contribution in [0.25, 0.3) is 0 Å². The van der Waals surface area contributed by atoms with Crippen molar-refractivity contribution in [2.24, 2.45) is 0 Å². The highest BCUT2D eigenvalue weighted by Gasteiger charge is 2.50. The van der Waals surface area contributed by atoms with E-state index >= 15 is 0 Å². The Morgan fingerprint density at radius 2 is 1.10 bits per heavy atom. The predicted octanol–water partition coefficient (Wildman–Crippen LogP) is 5.72. The van der Waals surface area contributed by atoms with Gasteiger partial charge in [-0.25, -0.2) is 0 Å². The molecular formula is C26H26O4. The maximum absolute atomic E-state index is 13.5. The zero-order valence-electron chi connectivity index (χ0n) is 17.1. The molecule has 0 aliphatic rings. The fraction of sp³-hybridized carbons (Fsp3) is 0.231. The first-order valence-electron chi connectivity index (χ1n) is 10.3. The Bertz CT molecular complexity index is 883. The van der Waals surface area contributed by atoms with Crippen molar-refractivity contribution in [2.75, 3.05) is 0 Å². The number of benzene rings is 3. The summed E-state index contributed by atoms with van der Waals surface area (Å²) in [6.07, 6.45) is 2.86. The minimum atomic E-state index is -1.55. The summed E-state index contributed by atoms with van der Waals surface area (Å²) in [5, 5.41) is 0. The molecule has 0 unspecified atom stereocenters. The highest BCUT2D eigenvalue weighted by molar-refractivity contribution is 6.07. The van der Waals surface area contributed by atoms with Crippen molar-refractivity contribution in [1.29, 1.82) is 0 Å². The van der Waals surface area contributed by atoms with E-state index in [1.165, 1.54) is 0 Å². The second-order valence-corrected chi connectivity index (χ2v) is 7.13. The van der Waals surface area contributed by atoms with Crippen molar-refractivity contribution < 1.29 is 19.1 Å². The molecule has 3 rings (SSSR count). The third-order valence-corrected chi connectivity index (χ3v) is 5.03. The molecule has 4 heteroatoms. The average molecular weight is 402 g/mol. The molecule has 0 heterocycles. The minimum Gasteiger partial charge on any atom is -0.425 e.